The van der Waals surface area contributed by atoms with Crippen LogP contribution in [0.15, 0.2) is 104 Å². The number of nitrogens with zero attached hydrogens (tertiary/aromatic N) is 6. The summed E-state index contributed by atoms with van der Waals surface area (Å²) in [5.41, 5.74) is 8.22. The van der Waals surface area contributed by atoms with Crippen LogP contribution in [0, 0.1) is 29.6 Å². The number of aromatic nitrogens is 4. The van der Waals surface area contributed by atoms with Gasteiger partial charge in [-0.15, -0.1) is 0 Å². The van der Waals surface area contributed by atoms with Gasteiger partial charge in [-0.25, -0.2) is 0 Å². The van der Waals surface area contributed by atoms with Gasteiger partial charge in [0.2, 0.25) is 0 Å². The fraction of sp³-hybridized carbons (Fsp3) is 0.220. The summed E-state index contributed by atoms with van der Waals surface area (Å²) in [5, 5.41) is 68.7. The van der Waals surface area contributed by atoms with Crippen molar-refractivity contribution in [3.63, 3.8) is 0 Å². The Kier molecular flexibility index (Phi) is 16.4. The highest BCUT2D eigenvalue weighted by Crippen LogP contribution is 2.37. The van der Waals surface area contributed by atoms with Gasteiger partial charge in [-0.1, -0.05) is 53.5 Å². The van der Waals surface area contributed by atoms with Gasteiger partial charge in [-0.3, -0.25) is 34.9 Å². The highest BCUT2D eigenvalue weighted by molar-refractivity contribution is 6.32. The lowest BCUT2D eigenvalue weighted by molar-refractivity contribution is -0.141. The number of aliphatic carboxylic acids is 2. The van der Waals surface area contributed by atoms with Crippen LogP contribution < -0.4 is 24.8 Å². The molecule has 3 aromatic heterocycles. The number of ether oxygens (including phenoxy) is 3. The molecule has 6 N–H and O–H groups in total. The van der Waals surface area contributed by atoms with E-state index in [0.29, 0.717) is 61.2 Å². The van der Waals surface area contributed by atoms with E-state index in [1.165, 1.54) is 12.4 Å². The van der Waals surface area contributed by atoms with Crippen LogP contribution in [0.25, 0.3) is 22.0 Å². The van der Waals surface area contributed by atoms with E-state index in [1.807, 2.05) is 48.0 Å². The second-order valence-electron chi connectivity index (χ2n) is 15.7. The highest BCUT2D eigenvalue weighted by Gasteiger charge is 2.21. The molecule has 0 fully saturated rings. The second kappa shape index (κ2) is 22.9. The Morgan fingerprint density at radius 1 is 0.667 bits per heavy atom. The third-order valence-electron chi connectivity index (χ3n) is 11.1. The predicted octanol–water partition coefficient (Wildman–Crippen LogP) is 6.71. The van der Waals surface area contributed by atoms with E-state index in [2.05, 4.69) is 32.7 Å². The molecule has 0 unspecified atom stereocenters. The van der Waals surface area contributed by atoms with E-state index in [4.69, 9.17) is 42.5 Å². The topological polar surface area (TPSA) is 258 Å². The molecule has 0 aliphatic rings. The molecule has 0 radical (unpaired) electrons. The number of benzene rings is 4. The zero-order valence-electron chi connectivity index (χ0n) is 36.9. The Balaban J connectivity index is 1.13. The lowest BCUT2D eigenvalue weighted by Gasteiger charge is -2.18. The van der Waals surface area contributed by atoms with Gasteiger partial charge in [0.25, 0.3) is 0 Å². The Morgan fingerprint density at radius 3 is 1.80 bits per heavy atom. The Bertz CT molecular complexity index is 3100. The predicted molar refractivity (Wildman–Crippen MR) is 254 cm³/mol. The van der Waals surface area contributed by atoms with Gasteiger partial charge in [0, 0.05) is 76.6 Å². The molecule has 4 aromatic carbocycles. The molecular weight excluding hydrogens is 928 g/mol. The van der Waals surface area contributed by atoms with Crippen molar-refractivity contribution in [3.05, 3.63) is 164 Å². The maximum atomic E-state index is 11.6. The van der Waals surface area contributed by atoms with E-state index >= 15 is 0 Å². The molecule has 0 amide bonds. The molecule has 17 nitrogen and oxygen atoms in total. The molecule has 352 valence electrons. The number of pyridine rings is 2. The Labute approximate surface area is 405 Å². The molecule has 69 heavy (non-hydrogen) atoms. The molecular formula is C50H44Cl2N8O9. The number of nitriles is 2. The van der Waals surface area contributed by atoms with Gasteiger partial charge in [0.15, 0.2) is 0 Å². The van der Waals surface area contributed by atoms with Crippen molar-refractivity contribution in [3.8, 4) is 40.5 Å². The number of hydrogen-bond donors (Lipinski definition) is 6. The zero-order chi connectivity index (χ0) is 49.0. The standard InChI is InChI=1S/C50H44Cl2N8O9/c1-29-34(28-69-48-13-47(68-27-33-9-31(15-54)17-56-19-33)36(11-42(48)52)21-58-44(25-62)50(65)66)4-2-5-38(29)39-6-3-7-45-40(39)22-59-60(45)23-37-12-46(67-26-32-8-30(14-53)16-55-18-32)35(10-41(37)51)20-57-43(24-61)49(63)64/h2-13,16-19,22,43-44,57-58,61-62H,20-21,23-28H2,1H3,(H,63,64)(H,65,66)/t43-,44-/m0/s1. The van der Waals surface area contributed by atoms with Gasteiger partial charge in [0.05, 0.1) is 47.6 Å². The molecule has 0 saturated carbocycles. The van der Waals surface area contributed by atoms with Gasteiger partial charge in [-0.05, 0) is 71.1 Å². The van der Waals surface area contributed by atoms with E-state index in [1.54, 1.807) is 55.0 Å². The van der Waals surface area contributed by atoms with Crippen LogP contribution in [0.5, 0.6) is 17.2 Å². The van der Waals surface area contributed by atoms with Crippen LogP contribution in [0.2, 0.25) is 10.0 Å². The van der Waals surface area contributed by atoms with Crippen molar-refractivity contribution in [1.82, 2.24) is 30.4 Å². The van der Waals surface area contributed by atoms with Gasteiger partial charge < -0.3 is 34.6 Å². The van der Waals surface area contributed by atoms with Crippen LogP contribution in [-0.4, -0.2) is 77.4 Å². The third kappa shape index (κ3) is 12.1. The van der Waals surface area contributed by atoms with Crippen molar-refractivity contribution in [2.45, 2.75) is 58.5 Å². The normalized spacial score (nSPS) is 11.9. The summed E-state index contributed by atoms with van der Waals surface area (Å²) in [6.07, 6.45) is 7.83. The molecule has 7 aromatic rings. The third-order valence-corrected chi connectivity index (χ3v) is 11.8. The maximum absolute atomic E-state index is 11.6. The summed E-state index contributed by atoms with van der Waals surface area (Å²) in [4.78, 5) is 31.4. The fourth-order valence-corrected chi connectivity index (χ4v) is 7.89. The Hall–Kier alpha value is -7.61. The summed E-state index contributed by atoms with van der Waals surface area (Å²) in [5.74, 6) is -1.38. The van der Waals surface area contributed by atoms with Crippen molar-refractivity contribution in [2.75, 3.05) is 13.2 Å². The molecule has 0 bridgehead atoms. The number of aliphatic hydroxyl groups is 2. The first-order chi connectivity index (χ1) is 33.4. The minimum absolute atomic E-state index is 0.000244. The van der Waals surface area contributed by atoms with Crippen molar-refractivity contribution < 1.29 is 44.2 Å². The number of aliphatic hydroxyl groups excluding tert-OH is 2. The van der Waals surface area contributed by atoms with Gasteiger partial charge in [0.1, 0.15) is 61.3 Å². The first-order valence-corrected chi connectivity index (χ1v) is 22.0. The van der Waals surface area contributed by atoms with Crippen LogP contribution in [0.1, 0.15) is 50.1 Å². The molecule has 0 aliphatic heterocycles. The number of fused-ring (bicyclic) bond motifs is 1. The zero-order valence-corrected chi connectivity index (χ0v) is 38.4. The molecule has 3 heterocycles. The number of carboxylic acids is 2. The number of halogens is 2. The lowest BCUT2D eigenvalue weighted by Crippen LogP contribution is -2.39. The fourth-order valence-electron chi connectivity index (χ4n) is 7.41. The van der Waals surface area contributed by atoms with E-state index in [0.717, 1.165) is 33.2 Å². The van der Waals surface area contributed by atoms with E-state index in [9.17, 15) is 40.5 Å². The number of carbonyl (C=O) groups is 2. The molecule has 0 saturated heterocycles. The van der Waals surface area contributed by atoms with Crippen LogP contribution in [0.3, 0.4) is 0 Å². The number of hydrogen-bond acceptors (Lipinski definition) is 14. The summed E-state index contributed by atoms with van der Waals surface area (Å²) in [6.45, 7) is 1.23. The molecule has 0 spiro atoms. The average molecular weight is 972 g/mol. The van der Waals surface area contributed by atoms with Crippen LogP contribution in [0.4, 0.5) is 0 Å². The SMILES string of the molecule is Cc1c(COc2cc(OCc3cncc(C#N)c3)c(CN[C@@H](CO)C(=O)O)cc2Cl)cccc1-c1cccc2c1cnn2Cc1cc(OCc2cncc(C#N)c2)c(CN[C@@H](CO)C(=O)O)cc1Cl. The minimum Gasteiger partial charge on any atom is -0.489 e. The minimum atomic E-state index is -1.22. The van der Waals surface area contributed by atoms with Gasteiger partial charge in [-0.2, -0.15) is 15.6 Å². The second-order valence-corrected chi connectivity index (χ2v) is 16.5. The van der Waals surface area contributed by atoms with Crippen LogP contribution in [-0.2, 0) is 49.0 Å². The summed E-state index contributed by atoms with van der Waals surface area (Å²) >= 11 is 13.7. The first kappa shape index (κ1) is 49.3. The smallest absolute Gasteiger partial charge is 0.323 e. The molecule has 7 rings (SSSR count). The monoisotopic (exact) mass is 970 g/mol. The summed E-state index contributed by atoms with van der Waals surface area (Å²) < 4.78 is 20.5. The van der Waals surface area contributed by atoms with Crippen molar-refractivity contribution in [1.29, 1.82) is 10.5 Å². The van der Waals surface area contributed by atoms with Crippen molar-refractivity contribution >= 4 is 46.0 Å². The number of rotatable bonds is 22. The molecule has 2 atom stereocenters. The molecule has 0 aliphatic carbocycles. The van der Waals surface area contributed by atoms with Gasteiger partial charge >= 0.3 is 11.9 Å². The number of nitrogens with one attached hydrogen (secondary N) is 2. The highest BCUT2D eigenvalue weighted by atomic mass is 35.5. The first-order valence-electron chi connectivity index (χ1n) is 21.3. The van der Waals surface area contributed by atoms with Crippen LogP contribution >= 0.6 is 23.2 Å². The summed E-state index contributed by atoms with van der Waals surface area (Å²) in [6, 6.07) is 23.5. The quantitative estimate of drug-likeness (QED) is 0.0413. The van der Waals surface area contributed by atoms with E-state index < -0.39 is 37.2 Å². The lowest BCUT2D eigenvalue weighted by atomic mass is 9.94. The maximum Gasteiger partial charge on any atom is 0.323 e. The molecule has 19 heteroatoms. The Morgan fingerprint density at radius 2 is 1.22 bits per heavy atom. The average Bonchev–Trinajstić information content (AvgIpc) is 3.77. The van der Waals surface area contributed by atoms with Crippen molar-refractivity contribution in [2.24, 2.45) is 0 Å². The summed E-state index contributed by atoms with van der Waals surface area (Å²) in [7, 11) is 0. The van der Waals surface area contributed by atoms with E-state index in [-0.39, 0.29) is 44.5 Å². The number of carboxylic acid groups (broad SMARTS) is 2. The largest absolute Gasteiger partial charge is 0.489 e.